The zero-order valence-electron chi connectivity index (χ0n) is 14.5. The summed E-state index contributed by atoms with van der Waals surface area (Å²) in [5.74, 6) is 1.19. The third-order valence-electron chi connectivity index (χ3n) is 4.42. The second kappa shape index (κ2) is 8.46. The highest BCUT2D eigenvalue weighted by molar-refractivity contribution is 5.67. The average molecular weight is 340 g/mol. The van der Waals surface area contributed by atoms with Crippen LogP contribution in [0.4, 0.5) is 10.7 Å². The molecule has 2 heterocycles. The van der Waals surface area contributed by atoms with Crippen LogP contribution in [0, 0.1) is 12.8 Å². The lowest BCUT2D eigenvalue weighted by Gasteiger charge is -2.31. The van der Waals surface area contributed by atoms with E-state index in [1.165, 1.54) is 0 Å². The smallest absolute Gasteiger partial charge is 0.410 e. The molecule has 1 amide bonds. The van der Waals surface area contributed by atoms with Crippen molar-refractivity contribution in [3.63, 3.8) is 0 Å². The summed E-state index contributed by atoms with van der Waals surface area (Å²) in [6.45, 7) is 4.57. The first-order valence-electron chi connectivity index (χ1n) is 8.70. The highest BCUT2D eigenvalue weighted by Gasteiger charge is 2.23. The fourth-order valence-electron chi connectivity index (χ4n) is 2.90. The van der Waals surface area contributed by atoms with E-state index in [1.807, 2.05) is 43.3 Å². The minimum Gasteiger partial charge on any atom is -0.445 e. The normalized spacial score (nSPS) is 15.0. The van der Waals surface area contributed by atoms with E-state index < -0.39 is 0 Å². The number of nitrogens with zero attached hydrogens (tertiary/aromatic N) is 3. The van der Waals surface area contributed by atoms with Crippen molar-refractivity contribution in [2.45, 2.75) is 26.4 Å². The number of carbonyl (C=O) groups is 1. The van der Waals surface area contributed by atoms with E-state index in [1.54, 1.807) is 11.1 Å². The Hall–Kier alpha value is -2.63. The van der Waals surface area contributed by atoms with Gasteiger partial charge in [0.2, 0.25) is 5.95 Å². The number of aryl methyl sites for hydroxylation is 1. The quantitative estimate of drug-likeness (QED) is 0.905. The number of ether oxygens (including phenoxy) is 1. The number of carbonyl (C=O) groups excluding carboxylic acids is 1. The monoisotopic (exact) mass is 340 g/mol. The topological polar surface area (TPSA) is 67.4 Å². The van der Waals surface area contributed by atoms with Gasteiger partial charge < -0.3 is 15.0 Å². The lowest BCUT2D eigenvalue weighted by molar-refractivity contribution is 0.0832. The summed E-state index contributed by atoms with van der Waals surface area (Å²) in [5.41, 5.74) is 1.96. The van der Waals surface area contributed by atoms with E-state index in [-0.39, 0.29) is 6.09 Å². The van der Waals surface area contributed by atoms with Gasteiger partial charge in [-0.05, 0) is 37.3 Å². The second-order valence-corrected chi connectivity index (χ2v) is 6.37. The van der Waals surface area contributed by atoms with Crippen LogP contribution in [0.15, 0.2) is 42.6 Å². The van der Waals surface area contributed by atoms with Gasteiger partial charge >= 0.3 is 6.09 Å². The van der Waals surface area contributed by atoms with Crippen molar-refractivity contribution in [2.24, 2.45) is 5.92 Å². The molecule has 1 aliphatic rings. The van der Waals surface area contributed by atoms with E-state index in [2.05, 4.69) is 15.3 Å². The molecule has 1 aliphatic heterocycles. The van der Waals surface area contributed by atoms with Crippen molar-refractivity contribution in [3.8, 4) is 0 Å². The molecule has 0 saturated carbocycles. The summed E-state index contributed by atoms with van der Waals surface area (Å²) >= 11 is 0. The largest absolute Gasteiger partial charge is 0.445 e. The maximum Gasteiger partial charge on any atom is 0.410 e. The molecule has 6 nitrogen and oxygen atoms in total. The zero-order chi connectivity index (χ0) is 17.5. The minimum absolute atomic E-state index is 0.225. The Morgan fingerprint density at radius 1 is 1.24 bits per heavy atom. The zero-order valence-corrected chi connectivity index (χ0v) is 14.5. The van der Waals surface area contributed by atoms with Crippen molar-refractivity contribution in [1.82, 2.24) is 14.9 Å². The summed E-state index contributed by atoms with van der Waals surface area (Å²) in [6, 6.07) is 11.6. The molecule has 1 saturated heterocycles. The van der Waals surface area contributed by atoms with Crippen LogP contribution >= 0.6 is 0 Å². The molecular formula is C19H24N4O2. The summed E-state index contributed by atoms with van der Waals surface area (Å²) in [4.78, 5) is 22.5. The molecule has 1 aromatic heterocycles. The Bertz CT molecular complexity index is 685. The van der Waals surface area contributed by atoms with E-state index in [0.29, 0.717) is 18.5 Å². The van der Waals surface area contributed by atoms with E-state index in [0.717, 1.165) is 43.7 Å². The molecule has 6 heteroatoms. The fourth-order valence-corrected chi connectivity index (χ4v) is 2.90. The molecule has 25 heavy (non-hydrogen) atoms. The Labute approximate surface area is 148 Å². The van der Waals surface area contributed by atoms with Crippen molar-refractivity contribution in [3.05, 3.63) is 53.9 Å². The predicted octanol–water partition coefficient (Wildman–Crippen LogP) is 3.25. The van der Waals surface area contributed by atoms with Crippen LogP contribution in [0.25, 0.3) is 0 Å². The first-order valence-corrected chi connectivity index (χ1v) is 8.70. The van der Waals surface area contributed by atoms with Gasteiger partial charge in [0.25, 0.3) is 0 Å². The first-order chi connectivity index (χ1) is 12.2. The van der Waals surface area contributed by atoms with Gasteiger partial charge in [0.15, 0.2) is 0 Å². The maximum atomic E-state index is 12.2. The summed E-state index contributed by atoms with van der Waals surface area (Å²) in [6.07, 6.45) is 3.45. The molecular weight excluding hydrogens is 316 g/mol. The summed E-state index contributed by atoms with van der Waals surface area (Å²) < 4.78 is 5.40. The Morgan fingerprint density at radius 3 is 2.72 bits per heavy atom. The molecule has 2 aromatic rings. The number of benzene rings is 1. The molecule has 0 aliphatic carbocycles. The molecule has 0 radical (unpaired) electrons. The van der Waals surface area contributed by atoms with E-state index >= 15 is 0 Å². The number of amides is 1. The number of piperidine rings is 1. The molecule has 0 atom stereocenters. The Kier molecular flexibility index (Phi) is 5.82. The minimum atomic E-state index is -0.225. The fraction of sp³-hybridized carbons (Fsp3) is 0.421. The molecule has 1 aromatic carbocycles. The summed E-state index contributed by atoms with van der Waals surface area (Å²) in [5, 5.41) is 3.29. The van der Waals surface area contributed by atoms with Crippen LogP contribution in [-0.4, -0.2) is 40.6 Å². The third kappa shape index (κ3) is 5.17. The van der Waals surface area contributed by atoms with Crippen LogP contribution in [0.3, 0.4) is 0 Å². The number of aromatic nitrogens is 2. The Morgan fingerprint density at radius 2 is 2.00 bits per heavy atom. The molecule has 1 N–H and O–H groups in total. The van der Waals surface area contributed by atoms with Crippen molar-refractivity contribution < 1.29 is 9.53 Å². The molecule has 0 unspecified atom stereocenters. The number of anilines is 1. The third-order valence-corrected chi connectivity index (χ3v) is 4.42. The van der Waals surface area contributed by atoms with Crippen LogP contribution in [0.1, 0.15) is 24.1 Å². The lowest BCUT2D eigenvalue weighted by atomic mass is 9.97. The van der Waals surface area contributed by atoms with Crippen LogP contribution in [0.5, 0.6) is 0 Å². The maximum absolute atomic E-state index is 12.2. The van der Waals surface area contributed by atoms with Gasteiger partial charge in [-0.2, -0.15) is 0 Å². The predicted molar refractivity (Wildman–Crippen MR) is 96.2 cm³/mol. The number of likely N-dealkylation sites (tertiary alicyclic amines) is 1. The highest BCUT2D eigenvalue weighted by atomic mass is 16.6. The van der Waals surface area contributed by atoms with Crippen LogP contribution < -0.4 is 5.32 Å². The number of nitrogens with one attached hydrogen (secondary N) is 1. The van der Waals surface area contributed by atoms with Crippen LogP contribution in [-0.2, 0) is 11.3 Å². The van der Waals surface area contributed by atoms with Gasteiger partial charge in [0.1, 0.15) is 6.61 Å². The lowest BCUT2D eigenvalue weighted by Crippen LogP contribution is -2.40. The standard InChI is InChI=1S/C19H24N4O2/c1-15-7-10-20-18(22-15)21-13-16-8-11-23(12-9-16)19(24)25-14-17-5-3-2-4-6-17/h2-7,10,16H,8-9,11-14H2,1H3,(H,20,21,22). The van der Waals surface area contributed by atoms with Gasteiger partial charge in [0, 0.05) is 31.5 Å². The van der Waals surface area contributed by atoms with Crippen molar-refractivity contribution in [2.75, 3.05) is 25.0 Å². The van der Waals surface area contributed by atoms with E-state index in [4.69, 9.17) is 4.74 Å². The molecule has 132 valence electrons. The first kappa shape index (κ1) is 17.2. The van der Waals surface area contributed by atoms with Crippen molar-refractivity contribution >= 4 is 12.0 Å². The SMILES string of the molecule is Cc1ccnc(NCC2CCN(C(=O)OCc3ccccc3)CC2)n1. The second-order valence-electron chi connectivity index (χ2n) is 6.37. The van der Waals surface area contributed by atoms with Gasteiger partial charge in [-0.15, -0.1) is 0 Å². The average Bonchev–Trinajstić information content (AvgIpc) is 2.66. The molecule has 0 spiro atoms. The highest BCUT2D eigenvalue weighted by Crippen LogP contribution is 2.18. The summed E-state index contributed by atoms with van der Waals surface area (Å²) in [7, 11) is 0. The molecule has 1 fully saturated rings. The number of hydrogen-bond acceptors (Lipinski definition) is 5. The van der Waals surface area contributed by atoms with Gasteiger partial charge in [0.05, 0.1) is 0 Å². The number of hydrogen-bond donors (Lipinski definition) is 1. The molecule has 3 rings (SSSR count). The van der Waals surface area contributed by atoms with Crippen LogP contribution in [0.2, 0.25) is 0 Å². The molecule has 0 bridgehead atoms. The van der Waals surface area contributed by atoms with Gasteiger partial charge in [-0.25, -0.2) is 14.8 Å². The number of rotatable bonds is 5. The van der Waals surface area contributed by atoms with E-state index in [9.17, 15) is 4.79 Å². The van der Waals surface area contributed by atoms with Crippen molar-refractivity contribution in [1.29, 1.82) is 0 Å². The van der Waals surface area contributed by atoms with Gasteiger partial charge in [-0.1, -0.05) is 30.3 Å². The van der Waals surface area contributed by atoms with Gasteiger partial charge in [-0.3, -0.25) is 0 Å². The Balaban J connectivity index is 1.38.